The number of halogens is 2. The number of nitrogens with zero attached hydrogens (tertiary/aromatic N) is 1. The summed E-state index contributed by atoms with van der Waals surface area (Å²) in [5.41, 5.74) is 9.56. The summed E-state index contributed by atoms with van der Waals surface area (Å²) in [5, 5.41) is 3.14. The molecule has 0 unspecified atom stereocenters. The molecule has 1 aromatic carbocycles. The molecule has 7 heteroatoms. The van der Waals surface area contributed by atoms with E-state index >= 15 is 0 Å². The van der Waals surface area contributed by atoms with Crippen molar-refractivity contribution in [3.8, 4) is 5.75 Å². The molecule has 28 heavy (non-hydrogen) atoms. The van der Waals surface area contributed by atoms with Crippen molar-refractivity contribution in [2.24, 2.45) is 5.73 Å². The highest BCUT2D eigenvalue weighted by Gasteiger charge is 2.21. The maximum absolute atomic E-state index is 12.6. The van der Waals surface area contributed by atoms with Crippen LogP contribution in [-0.4, -0.2) is 23.0 Å². The van der Waals surface area contributed by atoms with Crippen LogP contribution in [0.5, 0.6) is 5.75 Å². The molecule has 0 bridgehead atoms. The van der Waals surface area contributed by atoms with Crippen molar-refractivity contribution < 1.29 is 9.53 Å². The molecular weight excluding hydrogens is 397 g/mol. The Balaban J connectivity index is 0.00000196. The quantitative estimate of drug-likeness (QED) is 0.754. The topological polar surface area (TPSA) is 77.2 Å². The standard InChI is InChI=1S/C21H27N3O2.2ClH/c1-14-10-17(21(25)24-19-7-5-18(22)6-8-19)11-15(2)20(14)26-13-16-4-3-9-23-12-16;;/h3-4,9-12,18-19H,5-8,13,22H2,1-2H3,(H,24,25);2*1H. The Bertz CT molecular complexity index is 740. The Morgan fingerprint density at radius 3 is 2.39 bits per heavy atom. The molecule has 0 spiro atoms. The van der Waals surface area contributed by atoms with Gasteiger partial charge in [0.15, 0.2) is 0 Å². The van der Waals surface area contributed by atoms with Gasteiger partial charge >= 0.3 is 0 Å². The van der Waals surface area contributed by atoms with Crippen LogP contribution in [0.1, 0.15) is 52.7 Å². The molecule has 0 saturated heterocycles. The van der Waals surface area contributed by atoms with Crippen molar-refractivity contribution in [2.75, 3.05) is 0 Å². The molecule has 3 rings (SSSR count). The number of carbonyl (C=O) groups is 1. The fourth-order valence-electron chi connectivity index (χ4n) is 3.48. The first-order valence-corrected chi connectivity index (χ1v) is 9.22. The van der Waals surface area contributed by atoms with Crippen LogP contribution in [0.3, 0.4) is 0 Å². The Morgan fingerprint density at radius 1 is 1.18 bits per heavy atom. The van der Waals surface area contributed by atoms with Crippen molar-refractivity contribution in [3.63, 3.8) is 0 Å². The van der Waals surface area contributed by atoms with Gasteiger partial charge in [-0.1, -0.05) is 6.07 Å². The molecule has 5 nitrogen and oxygen atoms in total. The van der Waals surface area contributed by atoms with Crippen LogP contribution in [-0.2, 0) is 6.61 Å². The highest BCUT2D eigenvalue weighted by Crippen LogP contribution is 2.26. The number of carbonyl (C=O) groups excluding carboxylic acids is 1. The first-order valence-electron chi connectivity index (χ1n) is 9.22. The van der Waals surface area contributed by atoms with Crippen molar-refractivity contribution in [1.82, 2.24) is 10.3 Å². The van der Waals surface area contributed by atoms with Crippen LogP contribution in [0.2, 0.25) is 0 Å². The van der Waals surface area contributed by atoms with Gasteiger partial charge in [0.05, 0.1) is 0 Å². The molecule has 1 heterocycles. The van der Waals surface area contributed by atoms with E-state index in [-0.39, 0.29) is 42.8 Å². The predicted molar refractivity (Wildman–Crippen MR) is 117 cm³/mol. The SMILES string of the molecule is Cc1cc(C(=O)NC2CCC(N)CC2)cc(C)c1OCc1cccnc1.Cl.Cl. The fourth-order valence-corrected chi connectivity index (χ4v) is 3.48. The van der Waals surface area contributed by atoms with Gasteiger partial charge in [-0.3, -0.25) is 9.78 Å². The molecule has 1 aromatic heterocycles. The monoisotopic (exact) mass is 425 g/mol. The summed E-state index contributed by atoms with van der Waals surface area (Å²) in [6.45, 7) is 4.41. The second-order valence-electron chi connectivity index (χ2n) is 7.17. The van der Waals surface area contributed by atoms with Gasteiger partial charge in [-0.2, -0.15) is 0 Å². The van der Waals surface area contributed by atoms with Crippen LogP contribution in [0, 0.1) is 13.8 Å². The van der Waals surface area contributed by atoms with E-state index < -0.39 is 0 Å². The Labute approximate surface area is 179 Å². The number of aryl methyl sites for hydroxylation is 2. The number of rotatable bonds is 5. The lowest BCUT2D eigenvalue weighted by Crippen LogP contribution is -2.40. The molecule has 3 N–H and O–H groups in total. The lowest BCUT2D eigenvalue weighted by atomic mass is 9.91. The number of hydrogen-bond acceptors (Lipinski definition) is 4. The number of nitrogens with two attached hydrogens (primary N) is 1. The fraction of sp³-hybridized carbons (Fsp3) is 0.429. The van der Waals surface area contributed by atoms with Gasteiger partial charge in [0.25, 0.3) is 5.91 Å². The van der Waals surface area contributed by atoms with Gasteiger partial charge in [0.1, 0.15) is 12.4 Å². The predicted octanol–water partition coefficient (Wildman–Crippen LogP) is 4.12. The molecular formula is C21H29Cl2N3O2. The van der Waals surface area contributed by atoms with Gasteiger partial charge in [-0.05, 0) is 68.9 Å². The molecule has 1 amide bonds. The van der Waals surface area contributed by atoms with Crippen LogP contribution >= 0.6 is 24.8 Å². The molecule has 1 aliphatic rings. The van der Waals surface area contributed by atoms with E-state index in [1.165, 1.54) is 0 Å². The molecule has 154 valence electrons. The number of ether oxygens (including phenoxy) is 1. The Hall–Kier alpha value is -1.82. The molecule has 0 radical (unpaired) electrons. The number of aromatic nitrogens is 1. The zero-order valence-electron chi connectivity index (χ0n) is 16.3. The van der Waals surface area contributed by atoms with Crippen molar-refractivity contribution >= 4 is 30.7 Å². The number of benzene rings is 1. The highest BCUT2D eigenvalue weighted by atomic mass is 35.5. The third-order valence-electron chi connectivity index (χ3n) is 4.94. The van der Waals surface area contributed by atoms with E-state index in [0.29, 0.717) is 12.2 Å². The van der Waals surface area contributed by atoms with E-state index in [2.05, 4.69) is 10.3 Å². The van der Waals surface area contributed by atoms with E-state index in [1.54, 1.807) is 12.4 Å². The van der Waals surface area contributed by atoms with Crippen LogP contribution in [0.4, 0.5) is 0 Å². The van der Waals surface area contributed by atoms with Gasteiger partial charge in [-0.15, -0.1) is 24.8 Å². The number of pyridine rings is 1. The van der Waals surface area contributed by atoms with Gasteiger partial charge in [-0.25, -0.2) is 0 Å². The van der Waals surface area contributed by atoms with E-state index in [9.17, 15) is 4.79 Å². The molecule has 0 atom stereocenters. The highest BCUT2D eigenvalue weighted by molar-refractivity contribution is 5.95. The van der Waals surface area contributed by atoms with E-state index in [0.717, 1.165) is 48.1 Å². The lowest BCUT2D eigenvalue weighted by molar-refractivity contribution is 0.0925. The number of hydrogen-bond donors (Lipinski definition) is 2. The van der Waals surface area contributed by atoms with Gasteiger partial charge in [0, 0.05) is 35.6 Å². The van der Waals surface area contributed by atoms with Crippen LogP contribution in [0.15, 0.2) is 36.7 Å². The number of amides is 1. The van der Waals surface area contributed by atoms with E-state index in [1.807, 2.05) is 38.1 Å². The first-order chi connectivity index (χ1) is 12.5. The summed E-state index contributed by atoms with van der Waals surface area (Å²) in [6, 6.07) is 8.18. The first kappa shape index (κ1) is 24.2. The third-order valence-corrected chi connectivity index (χ3v) is 4.94. The smallest absolute Gasteiger partial charge is 0.251 e. The average Bonchev–Trinajstić information content (AvgIpc) is 2.63. The molecule has 0 aliphatic heterocycles. The molecule has 1 saturated carbocycles. The van der Waals surface area contributed by atoms with Gasteiger partial charge < -0.3 is 15.8 Å². The van der Waals surface area contributed by atoms with Crippen molar-refractivity contribution in [1.29, 1.82) is 0 Å². The second kappa shape index (κ2) is 11.2. The van der Waals surface area contributed by atoms with Crippen molar-refractivity contribution in [2.45, 2.75) is 58.2 Å². The van der Waals surface area contributed by atoms with Crippen LogP contribution in [0.25, 0.3) is 0 Å². The average molecular weight is 426 g/mol. The summed E-state index contributed by atoms with van der Waals surface area (Å²) < 4.78 is 5.96. The summed E-state index contributed by atoms with van der Waals surface area (Å²) in [6.07, 6.45) is 7.40. The van der Waals surface area contributed by atoms with E-state index in [4.69, 9.17) is 10.5 Å². The molecule has 2 aromatic rings. The van der Waals surface area contributed by atoms with Gasteiger partial charge in [0.2, 0.25) is 0 Å². The molecule has 1 aliphatic carbocycles. The lowest BCUT2D eigenvalue weighted by Gasteiger charge is -2.27. The minimum atomic E-state index is -0.0181. The Kier molecular flexibility index (Phi) is 9.73. The largest absolute Gasteiger partial charge is 0.488 e. The summed E-state index contributed by atoms with van der Waals surface area (Å²) in [4.78, 5) is 16.7. The van der Waals surface area contributed by atoms with Crippen LogP contribution < -0.4 is 15.8 Å². The number of nitrogens with one attached hydrogen (secondary N) is 1. The second-order valence-corrected chi connectivity index (χ2v) is 7.17. The summed E-state index contributed by atoms with van der Waals surface area (Å²) in [5.74, 6) is 0.810. The minimum absolute atomic E-state index is 0. The summed E-state index contributed by atoms with van der Waals surface area (Å²) >= 11 is 0. The Morgan fingerprint density at radius 2 is 1.82 bits per heavy atom. The maximum atomic E-state index is 12.6. The minimum Gasteiger partial charge on any atom is -0.488 e. The zero-order chi connectivity index (χ0) is 18.5. The normalized spacial score (nSPS) is 18.4. The molecule has 1 fully saturated rings. The third kappa shape index (κ3) is 6.36. The maximum Gasteiger partial charge on any atom is 0.251 e. The zero-order valence-corrected chi connectivity index (χ0v) is 17.9. The summed E-state index contributed by atoms with van der Waals surface area (Å²) in [7, 11) is 0. The van der Waals surface area contributed by atoms with Crippen molar-refractivity contribution in [3.05, 3.63) is 58.9 Å².